The molecule has 1 aliphatic heterocycles. The number of thioether (sulfide) groups is 1. The Bertz CT molecular complexity index is 626. The Morgan fingerprint density at radius 2 is 1.86 bits per heavy atom. The SMILES string of the molecule is CC1Cc2ccccc2N1C(=O)CCSc1ccccc1. The highest BCUT2D eigenvalue weighted by atomic mass is 32.2. The van der Waals surface area contributed by atoms with E-state index in [4.69, 9.17) is 0 Å². The summed E-state index contributed by atoms with van der Waals surface area (Å²) in [6, 6.07) is 18.8. The number of fused-ring (bicyclic) bond motifs is 1. The smallest absolute Gasteiger partial charge is 0.228 e. The highest BCUT2D eigenvalue weighted by molar-refractivity contribution is 7.99. The van der Waals surface area contributed by atoms with Gasteiger partial charge in [0.1, 0.15) is 0 Å². The van der Waals surface area contributed by atoms with Crippen molar-refractivity contribution < 1.29 is 4.79 Å². The first-order valence-corrected chi connectivity index (χ1v) is 8.32. The number of hydrogen-bond acceptors (Lipinski definition) is 2. The fourth-order valence-corrected chi connectivity index (χ4v) is 3.70. The Morgan fingerprint density at radius 3 is 2.67 bits per heavy atom. The number of carbonyl (C=O) groups excluding carboxylic acids is 1. The molecule has 2 aromatic carbocycles. The van der Waals surface area contributed by atoms with E-state index in [9.17, 15) is 4.79 Å². The molecule has 2 nitrogen and oxygen atoms in total. The van der Waals surface area contributed by atoms with Crippen LogP contribution >= 0.6 is 11.8 Å². The third-order valence-electron chi connectivity index (χ3n) is 3.80. The van der Waals surface area contributed by atoms with Crippen LogP contribution in [0, 0.1) is 0 Å². The van der Waals surface area contributed by atoms with Crippen molar-refractivity contribution in [2.45, 2.75) is 30.7 Å². The van der Waals surface area contributed by atoms with E-state index < -0.39 is 0 Å². The van der Waals surface area contributed by atoms with Crippen LogP contribution in [0.3, 0.4) is 0 Å². The lowest BCUT2D eigenvalue weighted by Crippen LogP contribution is -2.35. The Morgan fingerprint density at radius 1 is 1.14 bits per heavy atom. The normalized spacial score (nSPS) is 16.8. The molecule has 21 heavy (non-hydrogen) atoms. The number of anilines is 1. The largest absolute Gasteiger partial charge is 0.309 e. The summed E-state index contributed by atoms with van der Waals surface area (Å²) in [5.41, 5.74) is 2.38. The Balaban J connectivity index is 1.61. The lowest BCUT2D eigenvalue weighted by molar-refractivity contribution is -0.118. The van der Waals surface area contributed by atoms with E-state index in [1.54, 1.807) is 11.8 Å². The van der Waals surface area contributed by atoms with Crippen LogP contribution in [0.15, 0.2) is 59.5 Å². The van der Waals surface area contributed by atoms with Gasteiger partial charge in [-0.25, -0.2) is 0 Å². The zero-order valence-corrected chi connectivity index (χ0v) is 13.0. The molecule has 0 saturated carbocycles. The van der Waals surface area contributed by atoms with E-state index in [1.807, 2.05) is 35.2 Å². The monoisotopic (exact) mass is 297 g/mol. The van der Waals surface area contributed by atoms with Gasteiger partial charge in [0.05, 0.1) is 0 Å². The van der Waals surface area contributed by atoms with Crippen molar-refractivity contribution >= 4 is 23.4 Å². The van der Waals surface area contributed by atoms with Gasteiger partial charge in [0.25, 0.3) is 0 Å². The number of carbonyl (C=O) groups is 1. The Labute approximate surface area is 130 Å². The Hall–Kier alpha value is -1.74. The molecule has 0 aliphatic carbocycles. The van der Waals surface area contributed by atoms with Crippen LogP contribution in [0.25, 0.3) is 0 Å². The quantitative estimate of drug-likeness (QED) is 0.790. The molecule has 1 heterocycles. The van der Waals surface area contributed by atoms with Crippen LogP contribution in [-0.4, -0.2) is 17.7 Å². The number of para-hydroxylation sites is 1. The second-order valence-electron chi connectivity index (χ2n) is 5.36. The molecule has 1 atom stereocenters. The second kappa shape index (κ2) is 6.35. The van der Waals surface area contributed by atoms with Crippen LogP contribution in [0.1, 0.15) is 18.9 Å². The highest BCUT2D eigenvalue weighted by Gasteiger charge is 2.29. The van der Waals surface area contributed by atoms with Crippen molar-refractivity contribution in [2.75, 3.05) is 10.7 Å². The van der Waals surface area contributed by atoms with Crippen LogP contribution in [-0.2, 0) is 11.2 Å². The number of amides is 1. The number of benzene rings is 2. The van der Waals surface area contributed by atoms with Gasteiger partial charge in [-0.15, -0.1) is 11.8 Å². The molecule has 0 bridgehead atoms. The summed E-state index contributed by atoms with van der Waals surface area (Å²) in [6.45, 7) is 2.13. The van der Waals surface area contributed by atoms with Crippen LogP contribution in [0.4, 0.5) is 5.69 Å². The molecule has 0 N–H and O–H groups in total. The molecule has 0 saturated heterocycles. The molecular weight excluding hydrogens is 278 g/mol. The first-order valence-electron chi connectivity index (χ1n) is 7.33. The molecule has 0 spiro atoms. The van der Waals surface area contributed by atoms with E-state index in [2.05, 4.69) is 31.2 Å². The van der Waals surface area contributed by atoms with Gasteiger partial charge < -0.3 is 4.90 Å². The lowest BCUT2D eigenvalue weighted by Gasteiger charge is -2.22. The maximum absolute atomic E-state index is 12.5. The van der Waals surface area contributed by atoms with Crippen LogP contribution in [0.5, 0.6) is 0 Å². The summed E-state index contributed by atoms with van der Waals surface area (Å²) < 4.78 is 0. The predicted molar refractivity (Wildman–Crippen MR) is 88.9 cm³/mol. The lowest BCUT2D eigenvalue weighted by atomic mass is 10.1. The summed E-state index contributed by atoms with van der Waals surface area (Å²) in [5.74, 6) is 1.06. The van der Waals surface area contributed by atoms with E-state index in [-0.39, 0.29) is 11.9 Å². The summed E-state index contributed by atoms with van der Waals surface area (Å²) in [7, 11) is 0. The van der Waals surface area contributed by atoms with E-state index in [0.29, 0.717) is 6.42 Å². The summed E-state index contributed by atoms with van der Waals surface area (Å²) in [5, 5.41) is 0. The molecule has 3 rings (SSSR count). The summed E-state index contributed by atoms with van der Waals surface area (Å²) >= 11 is 1.74. The average Bonchev–Trinajstić information content (AvgIpc) is 2.84. The van der Waals surface area contributed by atoms with Crippen molar-refractivity contribution in [1.29, 1.82) is 0 Å². The summed E-state index contributed by atoms with van der Waals surface area (Å²) in [6.07, 6.45) is 1.55. The minimum Gasteiger partial charge on any atom is -0.309 e. The maximum Gasteiger partial charge on any atom is 0.228 e. The van der Waals surface area contributed by atoms with Crippen molar-refractivity contribution in [2.24, 2.45) is 0 Å². The predicted octanol–water partition coefficient (Wildman–Crippen LogP) is 4.15. The van der Waals surface area contributed by atoms with Crippen molar-refractivity contribution in [3.63, 3.8) is 0 Å². The second-order valence-corrected chi connectivity index (χ2v) is 6.53. The third-order valence-corrected chi connectivity index (χ3v) is 4.82. The van der Waals surface area contributed by atoms with Gasteiger partial charge in [-0.2, -0.15) is 0 Å². The van der Waals surface area contributed by atoms with Gasteiger partial charge in [-0.1, -0.05) is 36.4 Å². The molecule has 0 aromatic heterocycles. The van der Waals surface area contributed by atoms with Crippen molar-refractivity contribution in [1.82, 2.24) is 0 Å². The van der Waals surface area contributed by atoms with Gasteiger partial charge in [0.15, 0.2) is 0 Å². The fourth-order valence-electron chi connectivity index (χ4n) is 2.84. The standard InChI is InChI=1S/C18H19NOS/c1-14-13-15-7-5-6-10-17(15)19(14)18(20)11-12-21-16-8-3-2-4-9-16/h2-10,14H,11-13H2,1H3. The summed E-state index contributed by atoms with van der Waals surface area (Å²) in [4.78, 5) is 15.7. The van der Waals surface area contributed by atoms with Gasteiger partial charge in [-0.3, -0.25) is 4.79 Å². The molecule has 0 fully saturated rings. The Kier molecular flexibility index (Phi) is 4.30. The molecule has 0 radical (unpaired) electrons. The number of nitrogens with zero attached hydrogens (tertiary/aromatic N) is 1. The molecule has 1 amide bonds. The highest BCUT2D eigenvalue weighted by Crippen LogP contribution is 2.32. The molecule has 1 unspecified atom stereocenters. The zero-order chi connectivity index (χ0) is 14.7. The van der Waals surface area contributed by atoms with E-state index >= 15 is 0 Å². The first-order chi connectivity index (χ1) is 10.3. The van der Waals surface area contributed by atoms with Gasteiger partial charge in [-0.05, 0) is 37.1 Å². The molecule has 108 valence electrons. The fraction of sp³-hybridized carbons (Fsp3) is 0.278. The van der Waals surface area contributed by atoms with Gasteiger partial charge >= 0.3 is 0 Å². The maximum atomic E-state index is 12.5. The minimum atomic E-state index is 0.232. The topological polar surface area (TPSA) is 20.3 Å². The van der Waals surface area contributed by atoms with Crippen molar-refractivity contribution in [3.8, 4) is 0 Å². The number of hydrogen-bond donors (Lipinski definition) is 0. The van der Waals surface area contributed by atoms with E-state index in [0.717, 1.165) is 17.9 Å². The third kappa shape index (κ3) is 3.13. The van der Waals surface area contributed by atoms with Crippen LogP contribution < -0.4 is 4.90 Å². The molecule has 1 aliphatic rings. The van der Waals surface area contributed by atoms with Crippen LogP contribution in [0.2, 0.25) is 0 Å². The molecule has 3 heteroatoms. The van der Waals surface area contributed by atoms with E-state index in [1.165, 1.54) is 10.5 Å². The van der Waals surface area contributed by atoms with Gasteiger partial charge in [0.2, 0.25) is 5.91 Å². The number of rotatable bonds is 4. The minimum absolute atomic E-state index is 0.232. The molecular formula is C18H19NOS. The first kappa shape index (κ1) is 14.2. The van der Waals surface area contributed by atoms with Gasteiger partial charge in [0, 0.05) is 28.8 Å². The average molecular weight is 297 g/mol. The van der Waals surface area contributed by atoms with Crippen molar-refractivity contribution in [3.05, 3.63) is 60.2 Å². The molecule has 2 aromatic rings. The zero-order valence-electron chi connectivity index (χ0n) is 12.2.